The number of benzene rings is 2. The molecule has 24 heavy (non-hydrogen) atoms. The molecule has 0 spiro atoms. The molecule has 1 amide bonds. The third-order valence-corrected chi connectivity index (χ3v) is 3.77. The van der Waals surface area contributed by atoms with Gasteiger partial charge in [0.1, 0.15) is 6.54 Å². The SMILES string of the molecule is O=C(Cn1cnc2ccccc2c1=O)Nc1ccc2[nH]ncc2c1. The highest BCUT2D eigenvalue weighted by atomic mass is 16.2. The number of aromatic amines is 1. The van der Waals surface area contributed by atoms with Crippen molar-refractivity contribution in [1.29, 1.82) is 0 Å². The number of anilines is 1. The van der Waals surface area contributed by atoms with Crippen molar-refractivity contribution in [3.05, 3.63) is 65.3 Å². The fourth-order valence-electron chi connectivity index (χ4n) is 2.59. The normalized spacial score (nSPS) is 11.0. The van der Waals surface area contributed by atoms with Gasteiger partial charge in [-0.3, -0.25) is 19.3 Å². The zero-order chi connectivity index (χ0) is 16.5. The monoisotopic (exact) mass is 319 g/mol. The number of rotatable bonds is 3. The molecular formula is C17H13N5O2. The molecular weight excluding hydrogens is 306 g/mol. The van der Waals surface area contributed by atoms with E-state index in [0.29, 0.717) is 16.6 Å². The van der Waals surface area contributed by atoms with Crippen LogP contribution in [0.3, 0.4) is 0 Å². The van der Waals surface area contributed by atoms with Crippen molar-refractivity contribution in [2.24, 2.45) is 0 Å². The summed E-state index contributed by atoms with van der Waals surface area (Å²) in [7, 11) is 0. The van der Waals surface area contributed by atoms with Crippen LogP contribution in [0.5, 0.6) is 0 Å². The van der Waals surface area contributed by atoms with Crippen LogP contribution in [0.15, 0.2) is 59.8 Å². The molecule has 0 aliphatic rings. The van der Waals surface area contributed by atoms with Crippen LogP contribution in [0.2, 0.25) is 0 Å². The summed E-state index contributed by atoms with van der Waals surface area (Å²) in [5, 5.41) is 11.0. The number of amides is 1. The Kier molecular flexibility index (Phi) is 3.31. The van der Waals surface area contributed by atoms with E-state index in [0.717, 1.165) is 10.9 Å². The van der Waals surface area contributed by atoms with Crippen LogP contribution in [-0.2, 0) is 11.3 Å². The Labute approximate surface area is 136 Å². The second kappa shape index (κ2) is 5.62. The smallest absolute Gasteiger partial charge is 0.261 e. The summed E-state index contributed by atoms with van der Waals surface area (Å²) in [5.41, 5.74) is 1.92. The standard InChI is InChI=1S/C17H13N5O2/c23-16(20-12-5-6-14-11(7-12)8-19-21-14)9-22-10-18-15-4-2-1-3-13(15)17(22)24/h1-8,10H,9H2,(H,19,21)(H,20,23). The molecule has 7 heteroatoms. The van der Waals surface area contributed by atoms with Gasteiger partial charge in [-0.1, -0.05) is 12.1 Å². The Bertz CT molecular complexity index is 1110. The molecule has 0 atom stereocenters. The number of nitrogens with zero attached hydrogens (tertiary/aromatic N) is 3. The van der Waals surface area contributed by atoms with E-state index in [1.54, 1.807) is 30.5 Å². The number of carbonyl (C=O) groups excluding carboxylic acids is 1. The van der Waals surface area contributed by atoms with E-state index in [1.165, 1.54) is 10.9 Å². The van der Waals surface area contributed by atoms with Gasteiger partial charge in [-0.25, -0.2) is 4.98 Å². The van der Waals surface area contributed by atoms with E-state index in [2.05, 4.69) is 20.5 Å². The fraction of sp³-hybridized carbons (Fsp3) is 0.0588. The van der Waals surface area contributed by atoms with Crippen molar-refractivity contribution in [2.45, 2.75) is 6.54 Å². The van der Waals surface area contributed by atoms with Crippen LogP contribution in [0.25, 0.3) is 21.8 Å². The van der Waals surface area contributed by atoms with Crippen LogP contribution >= 0.6 is 0 Å². The summed E-state index contributed by atoms with van der Waals surface area (Å²) in [4.78, 5) is 28.8. The zero-order valence-corrected chi connectivity index (χ0v) is 12.6. The molecule has 7 nitrogen and oxygen atoms in total. The van der Waals surface area contributed by atoms with Crippen LogP contribution in [0.4, 0.5) is 5.69 Å². The number of hydrogen-bond donors (Lipinski definition) is 2. The lowest BCUT2D eigenvalue weighted by molar-refractivity contribution is -0.116. The maximum Gasteiger partial charge on any atom is 0.261 e. The number of fused-ring (bicyclic) bond motifs is 2. The van der Waals surface area contributed by atoms with Gasteiger partial charge in [0, 0.05) is 11.1 Å². The third-order valence-electron chi connectivity index (χ3n) is 3.77. The first-order valence-electron chi connectivity index (χ1n) is 7.38. The number of H-pyrrole nitrogens is 1. The van der Waals surface area contributed by atoms with E-state index in [1.807, 2.05) is 18.2 Å². The highest BCUT2D eigenvalue weighted by molar-refractivity contribution is 5.93. The Balaban J connectivity index is 1.57. The Morgan fingerprint density at radius 1 is 1.21 bits per heavy atom. The van der Waals surface area contributed by atoms with E-state index in [-0.39, 0.29) is 18.0 Å². The quantitative estimate of drug-likeness (QED) is 0.603. The van der Waals surface area contributed by atoms with Crippen molar-refractivity contribution < 1.29 is 4.79 Å². The molecule has 4 rings (SSSR count). The summed E-state index contributed by atoms with van der Waals surface area (Å²) in [6.07, 6.45) is 3.08. The molecule has 0 fully saturated rings. The van der Waals surface area contributed by atoms with Crippen LogP contribution in [-0.4, -0.2) is 25.7 Å². The molecule has 0 aliphatic carbocycles. The summed E-state index contributed by atoms with van der Waals surface area (Å²) in [6.45, 7) is -0.0971. The topological polar surface area (TPSA) is 92.7 Å². The minimum absolute atomic E-state index is 0.0971. The molecule has 0 unspecified atom stereocenters. The summed E-state index contributed by atoms with van der Waals surface area (Å²) < 4.78 is 1.30. The average molecular weight is 319 g/mol. The van der Waals surface area contributed by atoms with Gasteiger partial charge in [-0.2, -0.15) is 5.10 Å². The van der Waals surface area contributed by atoms with Gasteiger partial charge >= 0.3 is 0 Å². The number of para-hydroxylation sites is 1. The average Bonchev–Trinajstić information content (AvgIpc) is 3.05. The van der Waals surface area contributed by atoms with E-state index < -0.39 is 0 Å². The third kappa shape index (κ3) is 2.52. The van der Waals surface area contributed by atoms with Gasteiger partial charge < -0.3 is 5.32 Å². The zero-order valence-electron chi connectivity index (χ0n) is 12.6. The van der Waals surface area contributed by atoms with Crippen LogP contribution < -0.4 is 10.9 Å². The van der Waals surface area contributed by atoms with Gasteiger partial charge in [0.05, 0.1) is 28.9 Å². The second-order valence-corrected chi connectivity index (χ2v) is 5.41. The van der Waals surface area contributed by atoms with Crippen LogP contribution in [0.1, 0.15) is 0 Å². The van der Waals surface area contributed by atoms with Gasteiger partial charge in [0.2, 0.25) is 5.91 Å². The van der Waals surface area contributed by atoms with Crippen molar-refractivity contribution in [2.75, 3.05) is 5.32 Å². The summed E-state index contributed by atoms with van der Waals surface area (Å²) >= 11 is 0. The first-order valence-corrected chi connectivity index (χ1v) is 7.38. The Hall–Kier alpha value is -3.48. The first kappa shape index (κ1) is 14.1. The molecule has 0 saturated heterocycles. The lowest BCUT2D eigenvalue weighted by Gasteiger charge is -2.08. The van der Waals surface area contributed by atoms with Crippen molar-refractivity contribution in [1.82, 2.24) is 19.7 Å². The predicted molar refractivity (Wildman–Crippen MR) is 90.7 cm³/mol. The maximum absolute atomic E-state index is 12.4. The summed E-state index contributed by atoms with van der Waals surface area (Å²) in [6, 6.07) is 12.5. The lowest BCUT2D eigenvalue weighted by atomic mass is 10.2. The first-order chi connectivity index (χ1) is 11.7. The number of hydrogen-bond acceptors (Lipinski definition) is 4. The Morgan fingerprint density at radius 3 is 3.00 bits per heavy atom. The van der Waals surface area contributed by atoms with Gasteiger partial charge in [-0.05, 0) is 30.3 Å². The molecule has 0 bridgehead atoms. The minimum atomic E-state index is -0.294. The molecule has 2 heterocycles. The molecule has 0 radical (unpaired) electrons. The van der Waals surface area contributed by atoms with E-state index >= 15 is 0 Å². The molecule has 118 valence electrons. The minimum Gasteiger partial charge on any atom is -0.325 e. The highest BCUT2D eigenvalue weighted by Gasteiger charge is 2.08. The molecule has 0 aliphatic heterocycles. The van der Waals surface area contributed by atoms with Crippen molar-refractivity contribution in [3.63, 3.8) is 0 Å². The molecule has 4 aromatic rings. The molecule has 0 saturated carbocycles. The maximum atomic E-state index is 12.4. The largest absolute Gasteiger partial charge is 0.325 e. The van der Waals surface area contributed by atoms with Crippen molar-refractivity contribution >= 4 is 33.4 Å². The highest BCUT2D eigenvalue weighted by Crippen LogP contribution is 2.16. The van der Waals surface area contributed by atoms with Gasteiger partial charge in [0.15, 0.2) is 0 Å². The molecule has 2 aromatic carbocycles. The second-order valence-electron chi connectivity index (χ2n) is 5.41. The van der Waals surface area contributed by atoms with E-state index in [4.69, 9.17) is 0 Å². The van der Waals surface area contributed by atoms with Gasteiger partial charge in [0.25, 0.3) is 5.56 Å². The number of nitrogens with one attached hydrogen (secondary N) is 2. The van der Waals surface area contributed by atoms with Crippen LogP contribution in [0, 0.1) is 0 Å². The Morgan fingerprint density at radius 2 is 2.08 bits per heavy atom. The van der Waals surface area contributed by atoms with Gasteiger partial charge in [-0.15, -0.1) is 0 Å². The van der Waals surface area contributed by atoms with E-state index in [9.17, 15) is 9.59 Å². The predicted octanol–water partition coefficient (Wildman–Crippen LogP) is 1.91. The lowest BCUT2D eigenvalue weighted by Crippen LogP contribution is -2.27. The number of aromatic nitrogens is 4. The fourth-order valence-corrected chi connectivity index (χ4v) is 2.59. The molecule has 2 N–H and O–H groups in total. The molecule has 2 aromatic heterocycles. The summed E-state index contributed by atoms with van der Waals surface area (Å²) in [5.74, 6) is -0.294. The van der Waals surface area contributed by atoms with Crippen molar-refractivity contribution in [3.8, 4) is 0 Å². The number of carbonyl (C=O) groups is 1.